The van der Waals surface area contributed by atoms with Crippen LogP contribution in [0.4, 0.5) is 0 Å². The fourth-order valence-electron chi connectivity index (χ4n) is 1.42. The summed E-state index contributed by atoms with van der Waals surface area (Å²) >= 11 is 0. The van der Waals surface area contributed by atoms with Gasteiger partial charge in [-0.1, -0.05) is 34.6 Å². The maximum absolute atomic E-state index is 5.79. The Hall–Kier alpha value is 0.137. The average Bonchev–Trinajstić information content (AvgIpc) is 1.84. The largest absolute Gasteiger partial charge is 0.415 e. The average molecular weight is 188 g/mol. The Kier molecular flexibility index (Phi) is 5.05. The number of hydrogen-bond donors (Lipinski definition) is 1. The van der Waals surface area contributed by atoms with Crippen LogP contribution in [0.25, 0.3) is 0 Å². The molecule has 0 rings (SSSR count). The van der Waals surface area contributed by atoms with Crippen molar-refractivity contribution in [2.75, 3.05) is 13.2 Å². The SMILES string of the molecule is CC(C)[Si](OCCN)C(C)(C)C. The molecule has 2 nitrogen and oxygen atoms in total. The van der Waals surface area contributed by atoms with Crippen molar-refractivity contribution in [2.45, 2.75) is 45.2 Å². The van der Waals surface area contributed by atoms with Crippen LogP contribution in [0.1, 0.15) is 34.6 Å². The van der Waals surface area contributed by atoms with E-state index < -0.39 is 9.04 Å². The highest BCUT2D eigenvalue weighted by Gasteiger charge is 2.31. The summed E-state index contributed by atoms with van der Waals surface area (Å²) in [6.07, 6.45) is 0. The number of hydrogen-bond acceptors (Lipinski definition) is 2. The summed E-state index contributed by atoms with van der Waals surface area (Å²) in [4.78, 5) is 0. The minimum Gasteiger partial charge on any atom is -0.415 e. The summed E-state index contributed by atoms with van der Waals surface area (Å²) in [5.41, 5.74) is 6.07. The lowest BCUT2D eigenvalue weighted by atomic mass is 10.2. The molecule has 0 bridgehead atoms. The van der Waals surface area contributed by atoms with Gasteiger partial charge in [-0.05, 0) is 10.6 Å². The highest BCUT2D eigenvalue weighted by Crippen LogP contribution is 2.33. The van der Waals surface area contributed by atoms with Crippen molar-refractivity contribution >= 4 is 9.04 Å². The molecule has 73 valence electrons. The van der Waals surface area contributed by atoms with Gasteiger partial charge in [0, 0.05) is 13.2 Å². The van der Waals surface area contributed by atoms with Crippen molar-refractivity contribution in [1.82, 2.24) is 0 Å². The molecule has 0 aromatic heterocycles. The van der Waals surface area contributed by atoms with E-state index in [0.717, 1.165) is 0 Å². The van der Waals surface area contributed by atoms with E-state index >= 15 is 0 Å². The van der Waals surface area contributed by atoms with Gasteiger partial charge < -0.3 is 10.2 Å². The van der Waals surface area contributed by atoms with Crippen LogP contribution in [0.3, 0.4) is 0 Å². The normalized spacial score (nSPS) is 13.0. The highest BCUT2D eigenvalue weighted by molar-refractivity contribution is 6.56. The summed E-state index contributed by atoms with van der Waals surface area (Å²) in [6, 6.07) is 0. The van der Waals surface area contributed by atoms with E-state index in [4.69, 9.17) is 10.2 Å². The summed E-state index contributed by atoms with van der Waals surface area (Å²) in [5, 5.41) is 0.313. The van der Waals surface area contributed by atoms with Gasteiger partial charge in [0.25, 0.3) is 0 Å². The van der Waals surface area contributed by atoms with Crippen molar-refractivity contribution in [3.05, 3.63) is 0 Å². The zero-order valence-corrected chi connectivity index (χ0v) is 9.98. The van der Waals surface area contributed by atoms with Gasteiger partial charge in [0.15, 0.2) is 0 Å². The van der Waals surface area contributed by atoms with E-state index in [1.54, 1.807) is 0 Å². The molecule has 0 spiro atoms. The molecule has 0 atom stereocenters. The molecular weight excluding hydrogens is 166 g/mol. The Labute approximate surface area is 78.2 Å². The molecule has 0 aromatic rings. The molecule has 0 aliphatic rings. The third-order valence-electron chi connectivity index (χ3n) is 1.64. The van der Waals surface area contributed by atoms with Gasteiger partial charge in [-0.15, -0.1) is 0 Å². The van der Waals surface area contributed by atoms with Crippen LogP contribution in [0.2, 0.25) is 10.6 Å². The minimum atomic E-state index is -0.720. The van der Waals surface area contributed by atoms with Crippen LogP contribution in [0.5, 0.6) is 0 Å². The van der Waals surface area contributed by atoms with Crippen molar-refractivity contribution < 1.29 is 4.43 Å². The Balaban J connectivity index is 4.05. The molecule has 0 saturated carbocycles. The van der Waals surface area contributed by atoms with Gasteiger partial charge in [-0.3, -0.25) is 0 Å². The van der Waals surface area contributed by atoms with Crippen LogP contribution in [-0.2, 0) is 4.43 Å². The summed E-state index contributed by atoms with van der Waals surface area (Å²) in [5.74, 6) is 0. The molecule has 1 radical (unpaired) electrons. The highest BCUT2D eigenvalue weighted by atomic mass is 28.3. The molecule has 0 fully saturated rings. The first kappa shape index (κ1) is 12.1. The van der Waals surface area contributed by atoms with Crippen molar-refractivity contribution in [2.24, 2.45) is 5.73 Å². The summed E-state index contributed by atoms with van der Waals surface area (Å²) in [7, 11) is -0.720. The number of nitrogens with two attached hydrogens (primary N) is 1. The zero-order valence-electron chi connectivity index (χ0n) is 8.98. The second-order valence-corrected chi connectivity index (χ2v) is 8.08. The van der Waals surface area contributed by atoms with E-state index in [0.29, 0.717) is 23.7 Å². The van der Waals surface area contributed by atoms with Gasteiger partial charge in [-0.2, -0.15) is 0 Å². The Morgan fingerprint density at radius 2 is 1.83 bits per heavy atom. The van der Waals surface area contributed by atoms with E-state index in [2.05, 4.69) is 34.6 Å². The molecular formula is C9H22NOSi. The van der Waals surface area contributed by atoms with E-state index in [9.17, 15) is 0 Å². The first-order valence-corrected chi connectivity index (χ1v) is 6.08. The first-order chi connectivity index (χ1) is 5.39. The first-order valence-electron chi connectivity index (χ1n) is 4.59. The second kappa shape index (κ2) is 4.99. The lowest BCUT2D eigenvalue weighted by molar-refractivity contribution is 0.305. The van der Waals surface area contributed by atoms with Crippen LogP contribution in [0.15, 0.2) is 0 Å². The lowest BCUT2D eigenvalue weighted by Gasteiger charge is -2.30. The molecule has 0 aliphatic carbocycles. The summed E-state index contributed by atoms with van der Waals surface area (Å²) < 4.78 is 5.79. The molecule has 12 heavy (non-hydrogen) atoms. The fraction of sp³-hybridized carbons (Fsp3) is 1.00. The fourth-order valence-corrected chi connectivity index (χ4v) is 4.25. The zero-order chi connectivity index (χ0) is 9.78. The molecule has 0 amide bonds. The van der Waals surface area contributed by atoms with Crippen LogP contribution >= 0.6 is 0 Å². The van der Waals surface area contributed by atoms with Gasteiger partial charge >= 0.3 is 0 Å². The predicted molar refractivity (Wildman–Crippen MR) is 55.6 cm³/mol. The molecule has 3 heteroatoms. The van der Waals surface area contributed by atoms with Gasteiger partial charge in [0.1, 0.15) is 0 Å². The molecule has 0 heterocycles. The minimum absolute atomic E-state index is 0.313. The van der Waals surface area contributed by atoms with Gasteiger partial charge in [0.05, 0.1) is 0 Å². The van der Waals surface area contributed by atoms with Crippen molar-refractivity contribution in [3.63, 3.8) is 0 Å². The van der Waals surface area contributed by atoms with E-state index in [1.165, 1.54) is 0 Å². The number of rotatable bonds is 4. The van der Waals surface area contributed by atoms with Gasteiger partial charge in [0.2, 0.25) is 9.04 Å². The second-order valence-electron chi connectivity index (χ2n) is 4.41. The third-order valence-corrected chi connectivity index (χ3v) is 4.68. The standard InChI is InChI=1S/C9H22NOSi/c1-8(2)12(9(3,4)5)11-7-6-10/h8H,6-7,10H2,1-5H3. The van der Waals surface area contributed by atoms with Gasteiger partial charge in [-0.25, -0.2) is 0 Å². The van der Waals surface area contributed by atoms with Crippen molar-refractivity contribution in [3.8, 4) is 0 Å². The molecule has 0 unspecified atom stereocenters. The molecule has 0 aromatic carbocycles. The lowest BCUT2D eigenvalue weighted by Crippen LogP contribution is -2.34. The summed E-state index contributed by atoms with van der Waals surface area (Å²) in [6.45, 7) is 12.6. The third kappa shape index (κ3) is 4.23. The van der Waals surface area contributed by atoms with Crippen LogP contribution in [0, 0.1) is 0 Å². The maximum Gasteiger partial charge on any atom is 0.219 e. The quantitative estimate of drug-likeness (QED) is 0.686. The monoisotopic (exact) mass is 188 g/mol. The Morgan fingerprint density at radius 3 is 2.08 bits per heavy atom. The van der Waals surface area contributed by atoms with E-state index in [-0.39, 0.29) is 0 Å². The molecule has 2 N–H and O–H groups in total. The molecule has 0 saturated heterocycles. The van der Waals surface area contributed by atoms with Crippen LogP contribution < -0.4 is 5.73 Å². The van der Waals surface area contributed by atoms with Crippen molar-refractivity contribution in [1.29, 1.82) is 0 Å². The Morgan fingerprint density at radius 1 is 1.33 bits per heavy atom. The van der Waals surface area contributed by atoms with Crippen LogP contribution in [-0.4, -0.2) is 22.2 Å². The topological polar surface area (TPSA) is 35.2 Å². The maximum atomic E-state index is 5.79. The molecule has 0 aliphatic heterocycles. The van der Waals surface area contributed by atoms with E-state index in [1.807, 2.05) is 0 Å². The Bertz CT molecular complexity index is 120. The predicted octanol–water partition coefficient (Wildman–Crippen LogP) is 2.16. The smallest absolute Gasteiger partial charge is 0.219 e.